The molecular formula is C14H14Cl2N2. The third-order valence-corrected chi connectivity index (χ3v) is 3.46. The molecule has 2 rings (SSSR count). The summed E-state index contributed by atoms with van der Waals surface area (Å²) < 4.78 is 0. The van der Waals surface area contributed by atoms with Crippen molar-refractivity contribution in [3.05, 3.63) is 57.1 Å². The zero-order chi connectivity index (χ0) is 13.1. The van der Waals surface area contributed by atoms with Crippen molar-refractivity contribution < 1.29 is 0 Å². The quantitative estimate of drug-likeness (QED) is 0.786. The van der Waals surface area contributed by atoms with Crippen molar-refractivity contribution in [2.45, 2.75) is 26.7 Å². The molecule has 0 saturated heterocycles. The van der Waals surface area contributed by atoms with E-state index in [0.29, 0.717) is 11.6 Å². The molecule has 0 bridgehead atoms. The van der Waals surface area contributed by atoms with Crippen LogP contribution >= 0.6 is 23.2 Å². The van der Waals surface area contributed by atoms with Gasteiger partial charge in [-0.05, 0) is 31.0 Å². The molecule has 1 aromatic heterocycles. The first kappa shape index (κ1) is 13.3. The van der Waals surface area contributed by atoms with Gasteiger partial charge in [0, 0.05) is 22.7 Å². The number of aryl methyl sites for hydroxylation is 1. The Morgan fingerprint density at radius 2 is 1.72 bits per heavy atom. The Hall–Kier alpha value is -1.12. The zero-order valence-corrected chi connectivity index (χ0v) is 11.9. The number of aromatic nitrogens is 2. The second-order valence-electron chi connectivity index (χ2n) is 4.16. The highest BCUT2D eigenvalue weighted by atomic mass is 35.5. The number of rotatable bonds is 3. The molecule has 0 fully saturated rings. The molecule has 94 valence electrons. The maximum Gasteiger partial charge on any atom is 0.135 e. The van der Waals surface area contributed by atoms with Crippen molar-refractivity contribution in [1.82, 2.24) is 9.97 Å². The fourth-order valence-corrected chi connectivity index (χ4v) is 2.12. The third kappa shape index (κ3) is 3.01. The summed E-state index contributed by atoms with van der Waals surface area (Å²) in [4.78, 5) is 8.86. The Bertz CT molecular complexity index is 550. The minimum atomic E-state index is 0.547. The van der Waals surface area contributed by atoms with E-state index in [9.17, 15) is 0 Å². The van der Waals surface area contributed by atoms with Crippen molar-refractivity contribution in [2.75, 3.05) is 0 Å². The van der Waals surface area contributed by atoms with Gasteiger partial charge in [0.1, 0.15) is 11.0 Å². The Balaban J connectivity index is 2.29. The van der Waals surface area contributed by atoms with Crippen LogP contribution in [0.3, 0.4) is 0 Å². The average Bonchev–Trinajstić information content (AvgIpc) is 2.36. The fourth-order valence-electron chi connectivity index (χ4n) is 1.79. The minimum absolute atomic E-state index is 0.547. The van der Waals surface area contributed by atoms with E-state index >= 15 is 0 Å². The van der Waals surface area contributed by atoms with Crippen LogP contribution in [0.15, 0.2) is 24.3 Å². The van der Waals surface area contributed by atoms with Gasteiger partial charge in [0.25, 0.3) is 0 Å². The summed E-state index contributed by atoms with van der Waals surface area (Å²) in [6.45, 7) is 4.02. The molecule has 2 aromatic rings. The normalized spacial score (nSPS) is 10.7. The van der Waals surface area contributed by atoms with E-state index < -0.39 is 0 Å². The summed E-state index contributed by atoms with van der Waals surface area (Å²) in [5, 5.41) is 1.28. The molecule has 0 amide bonds. The van der Waals surface area contributed by atoms with E-state index in [2.05, 4.69) is 16.9 Å². The van der Waals surface area contributed by atoms with Gasteiger partial charge < -0.3 is 0 Å². The molecule has 4 heteroatoms. The number of hydrogen-bond donors (Lipinski definition) is 0. The summed E-state index contributed by atoms with van der Waals surface area (Å²) in [7, 11) is 0. The largest absolute Gasteiger partial charge is 0.237 e. The van der Waals surface area contributed by atoms with Crippen LogP contribution in [0, 0.1) is 6.92 Å². The van der Waals surface area contributed by atoms with Crippen molar-refractivity contribution in [3.8, 4) is 0 Å². The number of hydrogen-bond acceptors (Lipinski definition) is 2. The molecule has 0 unspecified atom stereocenters. The summed E-state index contributed by atoms with van der Waals surface area (Å²) in [6.07, 6.45) is 1.53. The third-order valence-electron chi connectivity index (χ3n) is 2.84. The van der Waals surface area contributed by atoms with Crippen LogP contribution in [0.25, 0.3) is 0 Å². The molecule has 0 aliphatic carbocycles. The van der Waals surface area contributed by atoms with E-state index in [1.807, 2.05) is 31.2 Å². The summed E-state index contributed by atoms with van der Waals surface area (Å²) in [5.74, 6) is 0.754. The predicted octanol–water partition coefficient (Wildman–Crippen LogP) is 4.25. The zero-order valence-electron chi connectivity index (χ0n) is 10.4. The molecule has 0 atom stereocenters. The maximum atomic E-state index is 6.12. The Morgan fingerprint density at radius 3 is 2.33 bits per heavy atom. The van der Waals surface area contributed by atoms with Crippen molar-refractivity contribution >= 4 is 23.2 Å². The summed E-state index contributed by atoms with van der Waals surface area (Å²) >= 11 is 12.0. The highest BCUT2D eigenvalue weighted by Crippen LogP contribution is 2.18. The maximum absolute atomic E-state index is 6.12. The number of benzene rings is 1. The van der Waals surface area contributed by atoms with Crippen LogP contribution in [-0.4, -0.2) is 9.97 Å². The van der Waals surface area contributed by atoms with E-state index in [4.69, 9.17) is 23.2 Å². The molecule has 0 spiro atoms. The monoisotopic (exact) mass is 280 g/mol. The molecule has 18 heavy (non-hydrogen) atoms. The molecule has 1 aromatic carbocycles. The standard InChI is InChI=1S/C14H14Cl2N2/c1-3-12-9(2)14(16)18-13(17-12)8-10-4-6-11(15)7-5-10/h4-7H,3,8H2,1-2H3. The SMILES string of the molecule is CCc1nc(Cc2ccc(Cl)cc2)nc(Cl)c1C. The fraction of sp³-hybridized carbons (Fsp3) is 0.286. The van der Waals surface area contributed by atoms with Gasteiger partial charge in [-0.25, -0.2) is 9.97 Å². The smallest absolute Gasteiger partial charge is 0.135 e. The van der Waals surface area contributed by atoms with E-state index in [0.717, 1.165) is 34.1 Å². The predicted molar refractivity (Wildman–Crippen MR) is 75.4 cm³/mol. The van der Waals surface area contributed by atoms with Crippen LogP contribution in [0.4, 0.5) is 0 Å². The Labute approximate surface area is 117 Å². The van der Waals surface area contributed by atoms with Crippen LogP contribution in [0.1, 0.15) is 29.6 Å². The highest BCUT2D eigenvalue weighted by molar-refractivity contribution is 6.30. The topological polar surface area (TPSA) is 25.8 Å². The summed E-state index contributed by atoms with van der Waals surface area (Å²) in [6, 6.07) is 7.69. The van der Waals surface area contributed by atoms with Gasteiger partial charge in [-0.15, -0.1) is 0 Å². The van der Waals surface area contributed by atoms with E-state index in [1.165, 1.54) is 0 Å². The molecule has 0 radical (unpaired) electrons. The lowest BCUT2D eigenvalue weighted by Crippen LogP contribution is -2.03. The van der Waals surface area contributed by atoms with Gasteiger partial charge >= 0.3 is 0 Å². The van der Waals surface area contributed by atoms with Gasteiger partial charge in [0.15, 0.2) is 0 Å². The Kier molecular flexibility index (Phi) is 4.20. The lowest BCUT2D eigenvalue weighted by Gasteiger charge is -2.07. The molecule has 0 aliphatic heterocycles. The molecule has 0 saturated carbocycles. The lowest BCUT2D eigenvalue weighted by atomic mass is 10.1. The summed E-state index contributed by atoms with van der Waals surface area (Å²) in [5.41, 5.74) is 3.11. The first-order chi connectivity index (χ1) is 8.60. The van der Waals surface area contributed by atoms with Crippen molar-refractivity contribution in [1.29, 1.82) is 0 Å². The molecule has 2 nitrogen and oxygen atoms in total. The first-order valence-electron chi connectivity index (χ1n) is 5.86. The van der Waals surface area contributed by atoms with Crippen LogP contribution < -0.4 is 0 Å². The molecule has 1 heterocycles. The number of nitrogens with zero attached hydrogens (tertiary/aromatic N) is 2. The van der Waals surface area contributed by atoms with Gasteiger partial charge in [-0.2, -0.15) is 0 Å². The lowest BCUT2D eigenvalue weighted by molar-refractivity contribution is 0.889. The minimum Gasteiger partial charge on any atom is -0.237 e. The molecular weight excluding hydrogens is 267 g/mol. The molecule has 0 aliphatic rings. The van der Waals surface area contributed by atoms with E-state index in [1.54, 1.807) is 0 Å². The number of halogens is 2. The van der Waals surface area contributed by atoms with E-state index in [-0.39, 0.29) is 0 Å². The molecule has 0 N–H and O–H groups in total. The van der Waals surface area contributed by atoms with Gasteiger partial charge in [-0.3, -0.25) is 0 Å². The van der Waals surface area contributed by atoms with Gasteiger partial charge in [0.2, 0.25) is 0 Å². The highest BCUT2D eigenvalue weighted by Gasteiger charge is 2.08. The van der Waals surface area contributed by atoms with Crippen molar-refractivity contribution in [3.63, 3.8) is 0 Å². The first-order valence-corrected chi connectivity index (χ1v) is 6.62. The van der Waals surface area contributed by atoms with Crippen LogP contribution in [0.2, 0.25) is 10.2 Å². The average molecular weight is 281 g/mol. The van der Waals surface area contributed by atoms with Crippen LogP contribution in [-0.2, 0) is 12.8 Å². The second kappa shape index (κ2) is 5.68. The van der Waals surface area contributed by atoms with Gasteiger partial charge in [-0.1, -0.05) is 42.3 Å². The Morgan fingerprint density at radius 1 is 1.06 bits per heavy atom. The van der Waals surface area contributed by atoms with Crippen molar-refractivity contribution in [2.24, 2.45) is 0 Å². The van der Waals surface area contributed by atoms with Gasteiger partial charge in [0.05, 0.1) is 0 Å². The van der Waals surface area contributed by atoms with Crippen LogP contribution in [0.5, 0.6) is 0 Å². The second-order valence-corrected chi connectivity index (χ2v) is 4.95.